The summed E-state index contributed by atoms with van der Waals surface area (Å²) in [6.45, 7) is 4.46. The molecule has 156 valence electrons. The van der Waals surface area contributed by atoms with Gasteiger partial charge in [0.05, 0.1) is 18.7 Å². The molecule has 1 heterocycles. The number of nitrogens with zero attached hydrogens (tertiary/aromatic N) is 1. The van der Waals surface area contributed by atoms with Gasteiger partial charge >= 0.3 is 5.97 Å². The Morgan fingerprint density at radius 3 is 2.62 bits per heavy atom. The lowest BCUT2D eigenvalue weighted by atomic mass is 9.88. The summed E-state index contributed by atoms with van der Waals surface area (Å²) < 4.78 is 5.26. The molecule has 1 aliphatic carbocycles. The number of esters is 1. The van der Waals surface area contributed by atoms with Crippen LogP contribution in [-0.4, -0.2) is 39.1 Å². The summed E-state index contributed by atoms with van der Waals surface area (Å²) in [5, 5.41) is 6.67. The van der Waals surface area contributed by atoms with Crippen LogP contribution in [0.15, 0.2) is 24.3 Å². The second-order valence-electron chi connectivity index (χ2n) is 7.62. The maximum atomic E-state index is 12.5. The molecule has 1 aliphatic rings. The first-order chi connectivity index (χ1) is 13.9. The summed E-state index contributed by atoms with van der Waals surface area (Å²) >= 11 is 1.51. The van der Waals surface area contributed by atoms with Crippen molar-refractivity contribution in [1.82, 2.24) is 0 Å². The molecule has 6 nitrogen and oxygen atoms in total. The van der Waals surface area contributed by atoms with Crippen molar-refractivity contribution in [3.8, 4) is 0 Å². The molecule has 29 heavy (non-hydrogen) atoms. The van der Waals surface area contributed by atoms with Crippen LogP contribution in [0.1, 0.15) is 41.1 Å². The van der Waals surface area contributed by atoms with E-state index >= 15 is 0 Å². The van der Waals surface area contributed by atoms with Gasteiger partial charge in [-0.3, -0.25) is 4.79 Å². The fourth-order valence-corrected chi connectivity index (χ4v) is 4.90. The maximum absolute atomic E-state index is 12.5. The quantitative estimate of drug-likeness (QED) is 0.665. The zero-order valence-electron chi connectivity index (χ0n) is 17.5. The van der Waals surface area contributed by atoms with Crippen molar-refractivity contribution < 1.29 is 14.3 Å². The third kappa shape index (κ3) is 5.09. The first kappa shape index (κ1) is 21.2. The van der Waals surface area contributed by atoms with E-state index in [1.807, 2.05) is 43.3 Å². The Morgan fingerprint density at radius 1 is 1.24 bits per heavy atom. The monoisotopic (exact) mass is 415 g/mol. The fourth-order valence-electron chi connectivity index (χ4n) is 3.49. The first-order valence-corrected chi connectivity index (χ1v) is 10.8. The molecule has 0 saturated carbocycles. The molecule has 3 rings (SSSR count). The van der Waals surface area contributed by atoms with E-state index in [4.69, 9.17) is 4.74 Å². The largest absolute Gasteiger partial charge is 0.462 e. The highest BCUT2D eigenvalue weighted by Gasteiger charge is 2.29. The zero-order chi connectivity index (χ0) is 21.0. The van der Waals surface area contributed by atoms with Crippen LogP contribution >= 0.6 is 11.3 Å². The van der Waals surface area contributed by atoms with Crippen LogP contribution in [0.4, 0.5) is 16.4 Å². The van der Waals surface area contributed by atoms with E-state index in [2.05, 4.69) is 17.6 Å². The van der Waals surface area contributed by atoms with E-state index in [0.717, 1.165) is 36.2 Å². The van der Waals surface area contributed by atoms with Gasteiger partial charge in [-0.15, -0.1) is 11.3 Å². The molecule has 0 radical (unpaired) electrons. The number of carbonyl (C=O) groups is 2. The molecule has 1 atom stereocenters. The van der Waals surface area contributed by atoms with Crippen LogP contribution in [0.25, 0.3) is 0 Å². The maximum Gasteiger partial charge on any atom is 0.341 e. The SMILES string of the molecule is CCOC(=O)c1c(NC(=O)CNc2ccc(N(C)C)cc2)sc2c1CC[C@H](C)C2. The van der Waals surface area contributed by atoms with Crippen LogP contribution in [0.5, 0.6) is 0 Å². The van der Waals surface area contributed by atoms with Gasteiger partial charge in [0.1, 0.15) is 5.00 Å². The van der Waals surface area contributed by atoms with Crippen molar-refractivity contribution in [3.63, 3.8) is 0 Å². The van der Waals surface area contributed by atoms with Gasteiger partial charge in [0.15, 0.2) is 0 Å². The molecule has 0 fully saturated rings. The van der Waals surface area contributed by atoms with Crippen molar-refractivity contribution in [2.75, 3.05) is 42.8 Å². The number of hydrogen-bond acceptors (Lipinski definition) is 6. The number of anilines is 3. The average Bonchev–Trinajstić information content (AvgIpc) is 3.03. The number of amides is 1. The van der Waals surface area contributed by atoms with E-state index in [-0.39, 0.29) is 18.4 Å². The van der Waals surface area contributed by atoms with Gasteiger partial charge in [0.25, 0.3) is 0 Å². The molecular formula is C22H29N3O3S. The second-order valence-corrected chi connectivity index (χ2v) is 8.72. The van der Waals surface area contributed by atoms with E-state index in [1.54, 1.807) is 6.92 Å². The van der Waals surface area contributed by atoms with Crippen molar-refractivity contribution in [2.45, 2.75) is 33.1 Å². The zero-order valence-corrected chi connectivity index (χ0v) is 18.3. The number of rotatable bonds is 7. The summed E-state index contributed by atoms with van der Waals surface area (Å²) in [5.41, 5.74) is 3.56. The van der Waals surface area contributed by atoms with Crippen LogP contribution in [0, 0.1) is 5.92 Å². The molecule has 2 N–H and O–H groups in total. The molecule has 0 aliphatic heterocycles. The highest BCUT2D eigenvalue weighted by atomic mass is 32.1. The lowest BCUT2D eigenvalue weighted by Crippen LogP contribution is -2.22. The summed E-state index contributed by atoms with van der Waals surface area (Å²) in [6, 6.07) is 7.87. The van der Waals surface area contributed by atoms with Crippen molar-refractivity contribution in [3.05, 3.63) is 40.3 Å². The van der Waals surface area contributed by atoms with Crippen LogP contribution in [-0.2, 0) is 22.4 Å². The highest BCUT2D eigenvalue weighted by Crippen LogP contribution is 2.40. The summed E-state index contributed by atoms with van der Waals surface area (Å²) in [4.78, 5) is 28.3. The molecule has 0 saturated heterocycles. The summed E-state index contributed by atoms with van der Waals surface area (Å²) in [6.07, 6.45) is 2.85. The van der Waals surface area contributed by atoms with E-state index < -0.39 is 0 Å². The number of carbonyl (C=O) groups excluding carboxylic acids is 2. The van der Waals surface area contributed by atoms with Crippen molar-refractivity contribution in [2.24, 2.45) is 5.92 Å². The molecule has 2 aromatic rings. The minimum absolute atomic E-state index is 0.128. The predicted molar refractivity (Wildman–Crippen MR) is 119 cm³/mol. The number of nitrogens with one attached hydrogen (secondary N) is 2. The molecule has 7 heteroatoms. The van der Waals surface area contributed by atoms with E-state index in [1.165, 1.54) is 16.2 Å². The van der Waals surface area contributed by atoms with Gasteiger partial charge in [0, 0.05) is 30.3 Å². The molecule has 0 unspecified atom stereocenters. The molecule has 1 aromatic carbocycles. The highest BCUT2D eigenvalue weighted by molar-refractivity contribution is 7.17. The third-order valence-corrected chi connectivity index (χ3v) is 6.25. The van der Waals surface area contributed by atoms with Crippen molar-refractivity contribution in [1.29, 1.82) is 0 Å². The Labute approximate surface area is 176 Å². The average molecular weight is 416 g/mol. The Morgan fingerprint density at radius 2 is 1.97 bits per heavy atom. The topological polar surface area (TPSA) is 70.7 Å². The lowest BCUT2D eigenvalue weighted by molar-refractivity contribution is -0.114. The minimum atomic E-state index is -0.345. The number of benzene rings is 1. The number of hydrogen-bond donors (Lipinski definition) is 2. The van der Waals surface area contributed by atoms with Gasteiger partial charge in [-0.25, -0.2) is 4.79 Å². The van der Waals surface area contributed by atoms with E-state index in [9.17, 15) is 9.59 Å². The van der Waals surface area contributed by atoms with Crippen LogP contribution in [0.2, 0.25) is 0 Å². The van der Waals surface area contributed by atoms with Gasteiger partial charge in [-0.05, 0) is 61.9 Å². The van der Waals surface area contributed by atoms with Crippen LogP contribution < -0.4 is 15.5 Å². The molecule has 1 aromatic heterocycles. The molecule has 0 bridgehead atoms. The number of thiophene rings is 1. The smallest absolute Gasteiger partial charge is 0.341 e. The Kier molecular flexibility index (Phi) is 6.79. The van der Waals surface area contributed by atoms with Crippen LogP contribution in [0.3, 0.4) is 0 Å². The summed E-state index contributed by atoms with van der Waals surface area (Å²) in [7, 11) is 3.97. The fraction of sp³-hybridized carbons (Fsp3) is 0.455. The Hall–Kier alpha value is -2.54. The first-order valence-electron chi connectivity index (χ1n) is 10.0. The van der Waals surface area contributed by atoms with E-state index in [0.29, 0.717) is 23.1 Å². The van der Waals surface area contributed by atoms with Crippen molar-refractivity contribution >= 4 is 39.6 Å². The van der Waals surface area contributed by atoms with Gasteiger partial charge < -0.3 is 20.3 Å². The third-order valence-electron chi connectivity index (χ3n) is 5.08. The molecular weight excluding hydrogens is 386 g/mol. The van der Waals surface area contributed by atoms with Gasteiger partial charge in [0.2, 0.25) is 5.91 Å². The standard InChI is InChI=1S/C22H29N3O3S/c1-5-28-22(27)20-17-11-6-14(2)12-18(17)29-21(20)24-19(26)13-23-15-7-9-16(10-8-15)25(3)4/h7-10,14,23H,5-6,11-13H2,1-4H3,(H,24,26)/t14-/m0/s1. The molecule has 0 spiro atoms. The minimum Gasteiger partial charge on any atom is -0.462 e. The lowest BCUT2D eigenvalue weighted by Gasteiger charge is -2.18. The number of ether oxygens (including phenoxy) is 1. The second kappa shape index (κ2) is 9.31. The Bertz CT molecular complexity index is 874. The normalized spacial score (nSPS) is 15.4. The van der Waals surface area contributed by atoms with Gasteiger partial charge in [-0.2, -0.15) is 0 Å². The number of fused-ring (bicyclic) bond motifs is 1. The molecule has 1 amide bonds. The predicted octanol–water partition coefficient (Wildman–Crippen LogP) is 4.17. The Balaban J connectivity index is 1.70. The van der Waals surface area contributed by atoms with Gasteiger partial charge in [-0.1, -0.05) is 6.92 Å². The summed E-state index contributed by atoms with van der Waals surface area (Å²) in [5.74, 6) is 0.0625.